The fraction of sp³-hybridized carbons (Fsp3) is 0.778. The second-order valence-corrected chi connectivity index (χ2v) is 5.62. The fourth-order valence-corrected chi connectivity index (χ4v) is 2.24. The van der Waals surface area contributed by atoms with Crippen molar-refractivity contribution in [1.82, 2.24) is 0 Å². The van der Waals surface area contributed by atoms with E-state index in [4.69, 9.17) is 4.74 Å². The van der Waals surface area contributed by atoms with Crippen molar-refractivity contribution in [3.63, 3.8) is 0 Å². The predicted molar refractivity (Wildman–Crippen MR) is 84.5 cm³/mol. The lowest BCUT2D eigenvalue weighted by molar-refractivity contribution is 0.388. The van der Waals surface area contributed by atoms with E-state index in [9.17, 15) is 0 Å². The second-order valence-electron chi connectivity index (χ2n) is 5.62. The minimum atomic E-state index is 0.629. The molecule has 0 aromatic heterocycles. The average Bonchev–Trinajstić information content (AvgIpc) is 3.23. The number of unbranched alkanes of at least 4 members (excludes halogenated alkanes) is 7. The number of rotatable bonds is 13. The summed E-state index contributed by atoms with van der Waals surface area (Å²) in [5.74, 6) is 0. The smallest absolute Gasteiger partial charge is 0.0810 e. The lowest BCUT2D eigenvalue weighted by Crippen LogP contribution is -1.85. The van der Waals surface area contributed by atoms with Crippen LogP contribution >= 0.6 is 0 Å². The summed E-state index contributed by atoms with van der Waals surface area (Å²) in [7, 11) is 0. The standard InChI is InChI=1S/C18H32O/c1-2-3-4-5-6-7-8-9-10-11-12-13-14-15-16-18-17-19-18/h6-7,9-10,18H,2-5,8,11-17H2,1H3/b7-6+,10-9+. The normalized spacial score (nSPS) is 18.7. The molecule has 1 rings (SSSR count). The van der Waals surface area contributed by atoms with Crippen LogP contribution in [-0.2, 0) is 4.74 Å². The molecule has 0 N–H and O–H groups in total. The Morgan fingerprint density at radius 2 is 1.47 bits per heavy atom. The van der Waals surface area contributed by atoms with Crippen molar-refractivity contribution in [2.75, 3.05) is 6.61 Å². The molecule has 0 amide bonds. The van der Waals surface area contributed by atoms with Crippen molar-refractivity contribution in [2.45, 2.75) is 83.7 Å². The maximum atomic E-state index is 5.20. The Bertz CT molecular complexity index is 238. The van der Waals surface area contributed by atoms with Gasteiger partial charge in [-0.2, -0.15) is 0 Å². The summed E-state index contributed by atoms with van der Waals surface area (Å²) >= 11 is 0. The van der Waals surface area contributed by atoms with Gasteiger partial charge in [-0.05, 0) is 38.5 Å². The summed E-state index contributed by atoms with van der Waals surface area (Å²) in [6, 6.07) is 0. The number of epoxide rings is 1. The fourth-order valence-electron chi connectivity index (χ4n) is 2.24. The van der Waals surface area contributed by atoms with Gasteiger partial charge in [-0.15, -0.1) is 0 Å². The van der Waals surface area contributed by atoms with Crippen molar-refractivity contribution in [1.29, 1.82) is 0 Å². The number of allylic oxidation sites excluding steroid dienone is 4. The van der Waals surface area contributed by atoms with Crippen LogP contribution in [0.5, 0.6) is 0 Å². The largest absolute Gasteiger partial charge is 0.373 e. The molecular weight excluding hydrogens is 232 g/mol. The molecule has 19 heavy (non-hydrogen) atoms. The molecule has 0 radical (unpaired) electrons. The van der Waals surface area contributed by atoms with E-state index in [1.165, 1.54) is 64.2 Å². The molecule has 1 heteroatoms. The monoisotopic (exact) mass is 264 g/mol. The maximum absolute atomic E-state index is 5.20. The van der Waals surface area contributed by atoms with Crippen LogP contribution in [0, 0.1) is 0 Å². The molecule has 0 bridgehead atoms. The van der Waals surface area contributed by atoms with Crippen molar-refractivity contribution in [3.05, 3.63) is 24.3 Å². The summed E-state index contributed by atoms with van der Waals surface area (Å²) in [4.78, 5) is 0. The Kier molecular flexibility index (Phi) is 10.8. The van der Waals surface area contributed by atoms with E-state index in [1.807, 2.05) is 0 Å². The van der Waals surface area contributed by atoms with Gasteiger partial charge in [0.25, 0.3) is 0 Å². The number of hydrogen-bond acceptors (Lipinski definition) is 1. The van der Waals surface area contributed by atoms with Crippen molar-refractivity contribution >= 4 is 0 Å². The summed E-state index contributed by atoms with van der Waals surface area (Å²) in [6.45, 7) is 3.28. The van der Waals surface area contributed by atoms with Crippen LogP contribution in [0.4, 0.5) is 0 Å². The molecule has 1 fully saturated rings. The van der Waals surface area contributed by atoms with Crippen LogP contribution in [0.1, 0.15) is 77.6 Å². The third kappa shape index (κ3) is 12.2. The Hall–Kier alpha value is -0.560. The lowest BCUT2D eigenvalue weighted by Gasteiger charge is -1.97. The summed E-state index contributed by atoms with van der Waals surface area (Å²) < 4.78 is 5.20. The van der Waals surface area contributed by atoms with E-state index >= 15 is 0 Å². The molecule has 0 aromatic rings. The minimum absolute atomic E-state index is 0.629. The molecule has 1 atom stereocenters. The highest BCUT2D eigenvalue weighted by Crippen LogP contribution is 2.17. The molecule has 1 heterocycles. The first-order valence-electron chi connectivity index (χ1n) is 8.35. The van der Waals surface area contributed by atoms with E-state index in [0.717, 1.165) is 13.0 Å². The minimum Gasteiger partial charge on any atom is -0.373 e. The quantitative estimate of drug-likeness (QED) is 0.232. The predicted octanol–water partition coefficient (Wildman–Crippen LogP) is 5.81. The van der Waals surface area contributed by atoms with Crippen LogP contribution < -0.4 is 0 Å². The van der Waals surface area contributed by atoms with Gasteiger partial charge in [0.05, 0.1) is 12.7 Å². The Morgan fingerprint density at radius 3 is 2.11 bits per heavy atom. The van der Waals surface area contributed by atoms with E-state index in [2.05, 4.69) is 31.2 Å². The van der Waals surface area contributed by atoms with Crippen LogP contribution in [0.3, 0.4) is 0 Å². The van der Waals surface area contributed by atoms with Gasteiger partial charge in [-0.1, -0.05) is 63.3 Å². The van der Waals surface area contributed by atoms with Crippen LogP contribution in [-0.4, -0.2) is 12.7 Å². The molecule has 1 aliphatic rings. The number of ether oxygens (including phenoxy) is 1. The molecule has 1 saturated heterocycles. The molecular formula is C18H32O. The van der Waals surface area contributed by atoms with E-state index in [-0.39, 0.29) is 0 Å². The summed E-state index contributed by atoms with van der Waals surface area (Å²) in [6.07, 6.45) is 24.4. The van der Waals surface area contributed by atoms with E-state index < -0.39 is 0 Å². The van der Waals surface area contributed by atoms with Gasteiger partial charge in [0.15, 0.2) is 0 Å². The molecule has 1 unspecified atom stereocenters. The zero-order valence-electron chi connectivity index (χ0n) is 12.8. The SMILES string of the molecule is CCCCC/C=C/C/C=C/CCCCCCC1CO1. The van der Waals surface area contributed by atoms with Gasteiger partial charge < -0.3 is 4.74 Å². The molecule has 0 aromatic carbocycles. The number of hydrogen-bond donors (Lipinski definition) is 0. The second kappa shape index (κ2) is 12.5. The van der Waals surface area contributed by atoms with Crippen LogP contribution in [0.2, 0.25) is 0 Å². The van der Waals surface area contributed by atoms with Crippen molar-refractivity contribution in [2.24, 2.45) is 0 Å². The summed E-state index contributed by atoms with van der Waals surface area (Å²) in [5, 5.41) is 0. The molecule has 0 aliphatic carbocycles. The zero-order chi connectivity index (χ0) is 13.6. The molecule has 110 valence electrons. The molecule has 1 aliphatic heterocycles. The van der Waals surface area contributed by atoms with Gasteiger partial charge in [0.2, 0.25) is 0 Å². The van der Waals surface area contributed by atoms with E-state index in [0.29, 0.717) is 6.10 Å². The lowest BCUT2D eigenvalue weighted by atomic mass is 10.1. The first-order valence-corrected chi connectivity index (χ1v) is 8.35. The van der Waals surface area contributed by atoms with Gasteiger partial charge >= 0.3 is 0 Å². The highest BCUT2D eigenvalue weighted by atomic mass is 16.6. The Morgan fingerprint density at radius 1 is 0.842 bits per heavy atom. The highest BCUT2D eigenvalue weighted by Gasteiger charge is 2.20. The van der Waals surface area contributed by atoms with Gasteiger partial charge in [0.1, 0.15) is 0 Å². The van der Waals surface area contributed by atoms with Crippen molar-refractivity contribution in [3.8, 4) is 0 Å². The van der Waals surface area contributed by atoms with Gasteiger partial charge in [-0.25, -0.2) is 0 Å². The van der Waals surface area contributed by atoms with Crippen LogP contribution in [0.25, 0.3) is 0 Å². The third-order valence-electron chi connectivity index (χ3n) is 3.63. The van der Waals surface area contributed by atoms with Gasteiger partial charge in [-0.3, -0.25) is 0 Å². The summed E-state index contributed by atoms with van der Waals surface area (Å²) in [5.41, 5.74) is 0. The van der Waals surface area contributed by atoms with Gasteiger partial charge in [0, 0.05) is 0 Å². The average molecular weight is 264 g/mol. The molecule has 1 nitrogen and oxygen atoms in total. The first kappa shape index (κ1) is 16.5. The molecule has 0 spiro atoms. The topological polar surface area (TPSA) is 12.5 Å². The van der Waals surface area contributed by atoms with E-state index in [1.54, 1.807) is 0 Å². The molecule has 0 saturated carbocycles. The Balaban J connectivity index is 1.74. The first-order chi connectivity index (χ1) is 9.43. The third-order valence-corrected chi connectivity index (χ3v) is 3.63. The zero-order valence-corrected chi connectivity index (χ0v) is 12.8. The Labute approximate surface area is 120 Å². The van der Waals surface area contributed by atoms with Crippen molar-refractivity contribution < 1.29 is 4.74 Å². The van der Waals surface area contributed by atoms with Crippen LogP contribution in [0.15, 0.2) is 24.3 Å². The highest BCUT2D eigenvalue weighted by molar-refractivity contribution is 4.92. The maximum Gasteiger partial charge on any atom is 0.0810 e.